The summed E-state index contributed by atoms with van der Waals surface area (Å²) in [5.74, 6) is 0.0970. The maximum Gasteiger partial charge on any atom is 0.265 e. The van der Waals surface area contributed by atoms with Crippen molar-refractivity contribution in [3.63, 3.8) is 0 Å². The molecule has 4 N–H and O–H groups in total. The van der Waals surface area contributed by atoms with Gasteiger partial charge in [0, 0.05) is 28.9 Å². The number of nitrogen functional groups attached to an aromatic ring is 1. The second kappa shape index (κ2) is 4.90. The van der Waals surface area contributed by atoms with E-state index >= 15 is 0 Å². The zero-order valence-corrected chi connectivity index (χ0v) is 12.1. The molecule has 7 nitrogen and oxygen atoms in total. The number of nitrogens with one attached hydrogen (secondary N) is 2. The Kier molecular flexibility index (Phi) is 3.19. The van der Waals surface area contributed by atoms with Crippen LogP contribution in [-0.4, -0.2) is 23.4 Å². The van der Waals surface area contributed by atoms with E-state index in [1.807, 2.05) is 0 Å². The van der Waals surface area contributed by atoms with Crippen LogP contribution >= 0.6 is 11.6 Å². The lowest BCUT2D eigenvalue weighted by molar-refractivity contribution is 0.602. The van der Waals surface area contributed by atoms with Crippen molar-refractivity contribution in [3.05, 3.63) is 41.9 Å². The topological polar surface area (TPSA) is 114 Å². The minimum atomic E-state index is -3.80. The SMILES string of the molecule is Nc1ccc2c(S(=O)(=O)Nc3cc(Cl)ncn3)c[nH]c2c1. The molecule has 0 unspecified atom stereocenters. The summed E-state index contributed by atoms with van der Waals surface area (Å²) >= 11 is 5.71. The average molecular weight is 324 g/mol. The number of rotatable bonds is 3. The van der Waals surface area contributed by atoms with Crippen molar-refractivity contribution >= 4 is 44.0 Å². The molecule has 0 bridgehead atoms. The molecule has 0 saturated carbocycles. The average Bonchev–Trinajstić information content (AvgIpc) is 2.81. The van der Waals surface area contributed by atoms with Gasteiger partial charge in [0.2, 0.25) is 0 Å². The Labute approximate surface area is 125 Å². The Morgan fingerprint density at radius 2 is 2.05 bits per heavy atom. The molecule has 21 heavy (non-hydrogen) atoms. The van der Waals surface area contributed by atoms with Crippen LogP contribution in [0.1, 0.15) is 0 Å². The molecule has 3 aromatic rings. The first-order valence-corrected chi connectivity index (χ1v) is 7.69. The molecule has 0 saturated heterocycles. The fourth-order valence-corrected chi connectivity index (χ4v) is 3.25. The second-order valence-corrected chi connectivity index (χ2v) is 6.33. The Morgan fingerprint density at radius 1 is 1.24 bits per heavy atom. The van der Waals surface area contributed by atoms with Gasteiger partial charge in [0.15, 0.2) is 0 Å². The molecule has 1 aromatic carbocycles. The molecule has 0 radical (unpaired) electrons. The maximum absolute atomic E-state index is 12.4. The Hall–Kier alpha value is -2.32. The summed E-state index contributed by atoms with van der Waals surface area (Å²) in [5, 5.41) is 0.686. The summed E-state index contributed by atoms with van der Waals surface area (Å²) in [4.78, 5) is 10.5. The van der Waals surface area contributed by atoms with Crippen molar-refractivity contribution in [1.82, 2.24) is 15.0 Å². The third-order valence-electron chi connectivity index (χ3n) is 2.83. The predicted octanol–water partition coefficient (Wildman–Crippen LogP) is 1.99. The van der Waals surface area contributed by atoms with Gasteiger partial charge in [0.05, 0.1) is 0 Å². The molecule has 9 heteroatoms. The van der Waals surface area contributed by atoms with Crippen molar-refractivity contribution in [2.75, 3.05) is 10.5 Å². The lowest BCUT2D eigenvalue weighted by Gasteiger charge is -2.06. The van der Waals surface area contributed by atoms with Crippen molar-refractivity contribution in [2.45, 2.75) is 4.90 Å². The summed E-state index contributed by atoms with van der Waals surface area (Å²) in [6, 6.07) is 6.27. The minimum absolute atomic E-state index is 0.0970. The largest absolute Gasteiger partial charge is 0.399 e. The Balaban J connectivity index is 2.04. The molecule has 3 rings (SSSR count). The van der Waals surface area contributed by atoms with E-state index in [0.717, 1.165) is 0 Å². The number of nitrogens with zero attached hydrogens (tertiary/aromatic N) is 2. The number of fused-ring (bicyclic) bond motifs is 1. The van der Waals surface area contributed by atoms with Gasteiger partial charge < -0.3 is 10.7 Å². The smallest absolute Gasteiger partial charge is 0.265 e. The molecule has 0 aliphatic rings. The zero-order valence-electron chi connectivity index (χ0n) is 10.5. The maximum atomic E-state index is 12.4. The van der Waals surface area contributed by atoms with Gasteiger partial charge in [-0.05, 0) is 18.2 Å². The van der Waals surface area contributed by atoms with Gasteiger partial charge in [-0.15, -0.1) is 0 Å². The number of hydrogen-bond acceptors (Lipinski definition) is 5. The number of sulfonamides is 1. The van der Waals surface area contributed by atoms with Gasteiger partial charge in [-0.25, -0.2) is 18.4 Å². The number of aromatic nitrogens is 3. The molecule has 0 aliphatic heterocycles. The van der Waals surface area contributed by atoms with Crippen molar-refractivity contribution in [2.24, 2.45) is 0 Å². The number of nitrogens with two attached hydrogens (primary N) is 1. The molecule has 2 aromatic heterocycles. The molecule has 108 valence electrons. The highest BCUT2D eigenvalue weighted by molar-refractivity contribution is 7.93. The monoisotopic (exact) mass is 323 g/mol. The molecule has 2 heterocycles. The normalized spacial score (nSPS) is 11.7. The number of aromatic amines is 1. The molecule has 0 spiro atoms. The number of anilines is 2. The quantitative estimate of drug-likeness (QED) is 0.504. The predicted molar refractivity (Wildman–Crippen MR) is 80.6 cm³/mol. The molecule has 0 amide bonds. The van der Waals surface area contributed by atoms with Crippen LogP contribution in [0.25, 0.3) is 10.9 Å². The summed E-state index contributed by atoms with van der Waals surface area (Å²) in [7, 11) is -3.80. The molecule has 0 fully saturated rings. The van der Waals surface area contributed by atoms with Crippen LogP contribution in [0.5, 0.6) is 0 Å². The van der Waals surface area contributed by atoms with E-state index in [4.69, 9.17) is 17.3 Å². The number of benzene rings is 1. The van der Waals surface area contributed by atoms with E-state index in [-0.39, 0.29) is 15.9 Å². The van der Waals surface area contributed by atoms with E-state index in [9.17, 15) is 8.42 Å². The van der Waals surface area contributed by atoms with Crippen LogP contribution in [-0.2, 0) is 10.0 Å². The van der Waals surface area contributed by atoms with Crippen LogP contribution in [0.3, 0.4) is 0 Å². The first-order valence-electron chi connectivity index (χ1n) is 5.83. The van der Waals surface area contributed by atoms with Crippen molar-refractivity contribution in [1.29, 1.82) is 0 Å². The standard InChI is InChI=1S/C12H10ClN5O2S/c13-11-4-12(17-6-16-11)18-21(19,20)10-5-15-9-3-7(14)1-2-8(9)10/h1-6,15H,14H2,(H,16,17,18). The number of hydrogen-bond donors (Lipinski definition) is 3. The van der Waals surface area contributed by atoms with Crippen molar-refractivity contribution < 1.29 is 8.42 Å². The number of halogens is 1. The van der Waals surface area contributed by atoms with E-state index in [2.05, 4.69) is 19.7 Å². The molecule has 0 aliphatic carbocycles. The van der Waals surface area contributed by atoms with E-state index in [0.29, 0.717) is 16.6 Å². The first kappa shape index (κ1) is 13.7. The van der Waals surface area contributed by atoms with Gasteiger partial charge in [0.25, 0.3) is 10.0 Å². The van der Waals surface area contributed by atoms with E-state index in [1.54, 1.807) is 18.2 Å². The van der Waals surface area contributed by atoms with Crippen LogP contribution in [0.2, 0.25) is 5.15 Å². The summed E-state index contributed by atoms with van der Waals surface area (Å²) in [6.07, 6.45) is 2.57. The van der Waals surface area contributed by atoms with Crippen LogP contribution in [0, 0.1) is 0 Å². The molecular formula is C12H10ClN5O2S. The van der Waals surface area contributed by atoms with Gasteiger partial charge in [-0.2, -0.15) is 0 Å². The number of H-pyrrole nitrogens is 1. The zero-order chi connectivity index (χ0) is 15.0. The van der Waals surface area contributed by atoms with Gasteiger partial charge in [-0.1, -0.05) is 11.6 Å². The van der Waals surface area contributed by atoms with Gasteiger partial charge in [-0.3, -0.25) is 4.72 Å². The summed E-state index contributed by atoms with van der Waals surface area (Å²) in [5.41, 5.74) is 6.85. The summed E-state index contributed by atoms with van der Waals surface area (Å²) in [6.45, 7) is 0. The van der Waals surface area contributed by atoms with Crippen molar-refractivity contribution in [3.8, 4) is 0 Å². The fraction of sp³-hybridized carbons (Fsp3) is 0. The third kappa shape index (κ3) is 2.63. The van der Waals surface area contributed by atoms with Crippen LogP contribution < -0.4 is 10.5 Å². The highest BCUT2D eigenvalue weighted by Gasteiger charge is 2.19. The van der Waals surface area contributed by atoms with E-state index < -0.39 is 10.0 Å². The van der Waals surface area contributed by atoms with Gasteiger partial charge in [0.1, 0.15) is 22.2 Å². The lowest BCUT2D eigenvalue weighted by atomic mass is 10.2. The highest BCUT2D eigenvalue weighted by Crippen LogP contribution is 2.26. The lowest BCUT2D eigenvalue weighted by Crippen LogP contribution is -2.13. The first-order chi connectivity index (χ1) is 9.95. The van der Waals surface area contributed by atoms with Crippen LogP contribution in [0.15, 0.2) is 41.7 Å². The van der Waals surface area contributed by atoms with Crippen LogP contribution in [0.4, 0.5) is 11.5 Å². The fourth-order valence-electron chi connectivity index (χ4n) is 1.92. The third-order valence-corrected chi connectivity index (χ3v) is 4.43. The molecule has 0 atom stereocenters. The Bertz CT molecular complexity index is 922. The van der Waals surface area contributed by atoms with Gasteiger partial charge >= 0.3 is 0 Å². The Morgan fingerprint density at radius 3 is 2.81 bits per heavy atom. The highest BCUT2D eigenvalue weighted by atomic mass is 35.5. The second-order valence-electron chi connectivity index (χ2n) is 4.29. The minimum Gasteiger partial charge on any atom is -0.399 e. The van der Waals surface area contributed by atoms with E-state index in [1.165, 1.54) is 18.6 Å². The summed E-state index contributed by atoms with van der Waals surface area (Å²) < 4.78 is 27.2. The molecular weight excluding hydrogens is 314 g/mol.